The lowest BCUT2D eigenvalue weighted by Crippen LogP contribution is -2.36. The van der Waals surface area contributed by atoms with E-state index in [0.29, 0.717) is 12.1 Å². The quantitative estimate of drug-likeness (QED) is 0.209. The minimum Gasteiger partial charge on any atom is -0.388 e. The van der Waals surface area contributed by atoms with Crippen LogP contribution >= 0.6 is 0 Å². The van der Waals surface area contributed by atoms with Gasteiger partial charge in [0.05, 0.1) is 6.10 Å². The van der Waals surface area contributed by atoms with E-state index in [0.717, 1.165) is 5.56 Å². The molecule has 120 valence electrons. The smallest absolute Gasteiger partial charge is 0.317 e. The average molecular weight is 307 g/mol. The number of nitrogens with two attached hydrogens (primary N) is 1. The van der Waals surface area contributed by atoms with Gasteiger partial charge in [0.2, 0.25) is 0 Å². The Kier molecular flexibility index (Phi) is 6.31. The zero-order valence-corrected chi connectivity index (χ0v) is 12.7. The Balaban J connectivity index is 2.62. The second kappa shape index (κ2) is 8.73. The summed E-state index contributed by atoms with van der Waals surface area (Å²) in [5.41, 5.74) is 1.52. The molecule has 0 aliphatic rings. The molecule has 0 spiro atoms. The maximum absolute atomic E-state index is 11.7. The zero-order chi connectivity index (χ0) is 17.4. The lowest BCUT2D eigenvalue weighted by molar-refractivity contribution is 0.185. The third-order valence-corrected chi connectivity index (χ3v) is 2.96. The fourth-order valence-electron chi connectivity index (χ4n) is 1.84. The van der Waals surface area contributed by atoms with Gasteiger partial charge in [0, 0.05) is 27.9 Å². The summed E-state index contributed by atoms with van der Waals surface area (Å²) >= 11 is 0. The van der Waals surface area contributed by atoms with Crippen LogP contribution in [0.5, 0.6) is 0 Å². The van der Waals surface area contributed by atoms with Crippen molar-refractivity contribution < 1.29 is 11.3 Å². The first kappa shape index (κ1) is 15.9. The largest absolute Gasteiger partial charge is 0.388 e. The molecule has 0 radical (unpaired) electrons. The van der Waals surface area contributed by atoms with Gasteiger partial charge in [0.1, 0.15) is 5.84 Å². The molecular weight excluding hydrogens is 284 g/mol. The lowest BCUT2D eigenvalue weighted by Gasteiger charge is -2.18. The van der Waals surface area contributed by atoms with E-state index in [1.807, 2.05) is 0 Å². The van der Waals surface area contributed by atoms with Crippen LogP contribution in [0.3, 0.4) is 0 Å². The Morgan fingerprint density at radius 2 is 2.18 bits per heavy atom. The predicted octanol–water partition coefficient (Wildman–Crippen LogP) is 1.57. The first-order chi connectivity index (χ1) is 10.8. The molecule has 22 heavy (non-hydrogen) atoms. The number of nitrogens with one attached hydrogen (secondary N) is 2. The summed E-state index contributed by atoms with van der Waals surface area (Å²) in [6.07, 6.45) is -0.851. The Morgan fingerprint density at radius 3 is 2.73 bits per heavy atom. The van der Waals surface area contributed by atoms with Gasteiger partial charge in [0.15, 0.2) is 0 Å². The van der Waals surface area contributed by atoms with Gasteiger partial charge in [-0.2, -0.15) is 0 Å². The maximum atomic E-state index is 11.7. The van der Waals surface area contributed by atoms with Crippen molar-refractivity contribution in [3.8, 4) is 0 Å². The molecule has 0 fully saturated rings. The molecule has 0 bridgehead atoms. The highest BCUT2D eigenvalue weighted by Gasteiger charge is 2.12. The number of aliphatic hydroxyl groups is 1. The SMILES string of the molecule is [2H]C(C)NC(=O)N(C)Cc1ccc(C(O)CC(=N)N=NN)cc1. The molecule has 0 heterocycles. The van der Waals surface area contributed by atoms with E-state index in [2.05, 4.69) is 15.7 Å². The number of carbonyl (C=O) groups excluding carboxylic acids is 1. The molecule has 0 saturated heterocycles. The fraction of sp³-hybridized carbons (Fsp3) is 0.429. The third kappa shape index (κ3) is 5.49. The summed E-state index contributed by atoms with van der Waals surface area (Å²) in [4.78, 5) is 13.2. The summed E-state index contributed by atoms with van der Waals surface area (Å²) < 4.78 is 7.32. The van der Waals surface area contributed by atoms with Crippen molar-refractivity contribution in [1.29, 1.82) is 5.41 Å². The molecule has 1 rings (SSSR count). The van der Waals surface area contributed by atoms with E-state index in [1.54, 1.807) is 38.2 Å². The van der Waals surface area contributed by atoms with Gasteiger partial charge in [-0.1, -0.05) is 29.5 Å². The zero-order valence-electron chi connectivity index (χ0n) is 13.7. The average Bonchev–Trinajstić information content (AvgIpc) is 2.47. The molecule has 8 nitrogen and oxygen atoms in total. The first-order valence-electron chi connectivity index (χ1n) is 7.30. The number of amidine groups is 1. The molecule has 0 saturated carbocycles. The van der Waals surface area contributed by atoms with Gasteiger partial charge in [-0.05, 0) is 18.1 Å². The van der Waals surface area contributed by atoms with Crippen LogP contribution in [0, 0.1) is 5.41 Å². The summed E-state index contributed by atoms with van der Waals surface area (Å²) in [6, 6.07) is 6.72. The van der Waals surface area contributed by atoms with Gasteiger partial charge in [-0.15, -0.1) is 5.11 Å². The van der Waals surface area contributed by atoms with E-state index < -0.39 is 12.6 Å². The fourth-order valence-corrected chi connectivity index (χ4v) is 1.84. The molecular formula is C14H22N6O2. The second-order valence-corrected chi connectivity index (χ2v) is 4.72. The monoisotopic (exact) mass is 307 g/mol. The molecule has 0 aliphatic carbocycles. The van der Waals surface area contributed by atoms with Crippen LogP contribution in [0.25, 0.3) is 0 Å². The Morgan fingerprint density at radius 1 is 1.55 bits per heavy atom. The number of rotatable bonds is 6. The number of carbonyl (C=O) groups is 1. The standard InChI is InChI=1S/C14H22N6O2/c1-3-17-14(22)20(2)9-10-4-6-11(7-5-10)12(21)8-13(15)18-19-16/h4-7,12,21H,3,8-9H2,1-2H3,(H,17,22)(H3,15,16,18)/i3D. The molecule has 1 aromatic carbocycles. The van der Waals surface area contributed by atoms with E-state index in [-0.39, 0.29) is 18.3 Å². The van der Waals surface area contributed by atoms with Crippen LogP contribution < -0.4 is 11.2 Å². The number of benzene rings is 1. The van der Waals surface area contributed by atoms with Crippen LogP contribution in [0.1, 0.15) is 31.9 Å². The highest BCUT2D eigenvalue weighted by Crippen LogP contribution is 2.18. The van der Waals surface area contributed by atoms with Gasteiger partial charge >= 0.3 is 6.03 Å². The van der Waals surface area contributed by atoms with Crippen molar-refractivity contribution in [2.75, 3.05) is 13.6 Å². The second-order valence-electron chi connectivity index (χ2n) is 4.72. The summed E-state index contributed by atoms with van der Waals surface area (Å²) in [5.74, 6) is 4.74. The van der Waals surface area contributed by atoms with Crippen molar-refractivity contribution in [3.63, 3.8) is 0 Å². The van der Waals surface area contributed by atoms with Crippen LogP contribution in [-0.2, 0) is 6.54 Å². The molecule has 1 aromatic rings. The first-order valence-corrected chi connectivity index (χ1v) is 6.72. The van der Waals surface area contributed by atoms with Crippen LogP contribution in [0.2, 0.25) is 0 Å². The van der Waals surface area contributed by atoms with E-state index in [1.165, 1.54) is 4.90 Å². The number of urea groups is 1. The van der Waals surface area contributed by atoms with Crippen molar-refractivity contribution >= 4 is 11.9 Å². The van der Waals surface area contributed by atoms with E-state index in [4.69, 9.17) is 12.6 Å². The van der Waals surface area contributed by atoms with Gasteiger partial charge in [-0.25, -0.2) is 4.79 Å². The maximum Gasteiger partial charge on any atom is 0.317 e. The number of hydrogen-bond donors (Lipinski definition) is 4. The Hall–Kier alpha value is -2.48. The molecule has 0 aromatic heterocycles. The normalized spacial score (nSPS) is 14.2. The summed E-state index contributed by atoms with van der Waals surface area (Å²) in [7, 11) is 1.64. The molecule has 2 amide bonds. The molecule has 0 aliphatic heterocycles. The lowest BCUT2D eigenvalue weighted by atomic mass is 10.0. The Bertz CT molecular complexity index is 561. The summed E-state index contributed by atoms with van der Waals surface area (Å²) in [5, 5.41) is 26.3. The van der Waals surface area contributed by atoms with Crippen LogP contribution in [0.15, 0.2) is 34.6 Å². The predicted molar refractivity (Wildman–Crippen MR) is 83.3 cm³/mol. The Labute approximate surface area is 130 Å². The molecule has 2 atom stereocenters. The highest BCUT2D eigenvalue weighted by atomic mass is 16.3. The van der Waals surface area contributed by atoms with Crippen molar-refractivity contribution in [3.05, 3.63) is 35.4 Å². The van der Waals surface area contributed by atoms with Crippen molar-refractivity contribution in [1.82, 2.24) is 10.2 Å². The number of amides is 2. The molecule has 5 N–H and O–H groups in total. The van der Waals surface area contributed by atoms with Crippen LogP contribution in [0.4, 0.5) is 4.79 Å². The van der Waals surface area contributed by atoms with Gasteiger partial charge < -0.3 is 21.2 Å². The third-order valence-electron chi connectivity index (χ3n) is 2.96. The molecule has 8 heteroatoms. The number of hydrogen-bond acceptors (Lipinski definition) is 4. The van der Waals surface area contributed by atoms with Crippen LogP contribution in [-0.4, -0.2) is 35.4 Å². The van der Waals surface area contributed by atoms with Crippen molar-refractivity contribution in [2.24, 2.45) is 16.2 Å². The highest BCUT2D eigenvalue weighted by molar-refractivity contribution is 5.79. The van der Waals surface area contributed by atoms with Gasteiger partial charge in [0.25, 0.3) is 0 Å². The summed E-state index contributed by atoms with van der Waals surface area (Å²) in [6.45, 7) is 1.29. The van der Waals surface area contributed by atoms with E-state index in [9.17, 15) is 9.90 Å². The van der Waals surface area contributed by atoms with E-state index >= 15 is 0 Å². The number of aliphatic hydroxyl groups excluding tert-OH is 1. The minimum absolute atomic E-state index is 0.0176. The van der Waals surface area contributed by atoms with Crippen molar-refractivity contribution in [2.45, 2.75) is 26.0 Å². The minimum atomic E-state index is -0.868. The van der Waals surface area contributed by atoms with Gasteiger partial charge in [-0.3, -0.25) is 5.41 Å². The number of nitrogens with zero attached hydrogens (tertiary/aromatic N) is 3. The topological polar surface area (TPSA) is 127 Å². The molecule has 2 unspecified atom stereocenters.